The maximum Gasteiger partial charge on any atom is 0.0205 e. The van der Waals surface area contributed by atoms with Crippen LogP contribution in [0.2, 0.25) is 0 Å². The molecular formula is C22H43N. The van der Waals surface area contributed by atoms with Crippen molar-refractivity contribution in [2.75, 3.05) is 13.1 Å². The third-order valence-electron chi connectivity index (χ3n) is 4.79. The van der Waals surface area contributed by atoms with Crippen LogP contribution in [-0.2, 0) is 0 Å². The zero-order chi connectivity index (χ0) is 17.8. The van der Waals surface area contributed by atoms with Gasteiger partial charge in [-0.25, -0.2) is 0 Å². The van der Waals surface area contributed by atoms with Gasteiger partial charge in [0.15, 0.2) is 0 Å². The Morgan fingerprint density at radius 1 is 1.04 bits per heavy atom. The van der Waals surface area contributed by atoms with Gasteiger partial charge in [-0.1, -0.05) is 65.2 Å². The Kier molecular flexibility index (Phi) is 12.3. The van der Waals surface area contributed by atoms with Crippen LogP contribution in [0.1, 0.15) is 87.5 Å². The number of allylic oxidation sites excluding steroid dienone is 4. The molecule has 0 radical (unpaired) electrons. The number of hydrogen-bond donors (Lipinski definition) is 0. The van der Waals surface area contributed by atoms with Crippen molar-refractivity contribution in [1.82, 2.24) is 4.90 Å². The fourth-order valence-electron chi connectivity index (χ4n) is 3.36. The Bertz CT molecular complexity index is 347. The zero-order valence-electron chi connectivity index (χ0n) is 17.3. The molecule has 1 heteroatoms. The van der Waals surface area contributed by atoms with Crippen LogP contribution in [-0.4, -0.2) is 18.0 Å². The lowest BCUT2D eigenvalue weighted by molar-refractivity contribution is 0.202. The van der Waals surface area contributed by atoms with Crippen molar-refractivity contribution in [1.29, 1.82) is 0 Å². The largest absolute Gasteiger partial charge is 0.375 e. The number of nitrogens with zero attached hydrogens (tertiary/aromatic N) is 1. The molecular weight excluding hydrogens is 278 g/mol. The second-order valence-electron chi connectivity index (χ2n) is 7.83. The summed E-state index contributed by atoms with van der Waals surface area (Å²) in [5.74, 6) is 2.32. The average molecular weight is 322 g/mol. The molecule has 2 unspecified atom stereocenters. The van der Waals surface area contributed by atoms with E-state index in [1.807, 2.05) is 0 Å². The highest BCUT2D eigenvalue weighted by Crippen LogP contribution is 2.25. The van der Waals surface area contributed by atoms with Gasteiger partial charge in [0.25, 0.3) is 0 Å². The van der Waals surface area contributed by atoms with Gasteiger partial charge in [0.05, 0.1) is 0 Å². The normalized spacial score (nSPS) is 14.7. The molecule has 0 saturated heterocycles. The summed E-state index contributed by atoms with van der Waals surface area (Å²) >= 11 is 0. The molecule has 0 aromatic rings. The first-order valence-electron chi connectivity index (χ1n) is 9.89. The van der Waals surface area contributed by atoms with Gasteiger partial charge in [-0.3, -0.25) is 0 Å². The standard InChI is InChI=1S/C22H43N/c1-9-13-22(11-3)23(16-19(6)7)17-21(10-2)20(8)15-12-14-18(4)5/h11,14,19-21H,9-10,12-13,15-17H2,1-8H3/b22-11-. The minimum Gasteiger partial charge on any atom is -0.375 e. The minimum atomic E-state index is 0.722. The molecule has 0 N–H and O–H groups in total. The van der Waals surface area contributed by atoms with E-state index in [9.17, 15) is 0 Å². The monoisotopic (exact) mass is 321 g/mol. The summed E-state index contributed by atoms with van der Waals surface area (Å²) in [4.78, 5) is 2.68. The van der Waals surface area contributed by atoms with Crippen LogP contribution < -0.4 is 0 Å². The predicted octanol–water partition coefficient (Wildman–Crippen LogP) is 7.06. The lowest BCUT2D eigenvalue weighted by Gasteiger charge is -2.35. The van der Waals surface area contributed by atoms with Gasteiger partial charge in [-0.2, -0.15) is 0 Å². The van der Waals surface area contributed by atoms with E-state index in [-0.39, 0.29) is 0 Å². The summed E-state index contributed by atoms with van der Waals surface area (Å²) in [6, 6.07) is 0. The zero-order valence-corrected chi connectivity index (χ0v) is 17.3. The maximum atomic E-state index is 2.68. The molecule has 0 aliphatic carbocycles. The molecule has 0 rings (SSSR count). The summed E-state index contributed by atoms with van der Waals surface area (Å²) in [5, 5.41) is 0. The summed E-state index contributed by atoms with van der Waals surface area (Å²) in [7, 11) is 0. The molecule has 0 saturated carbocycles. The average Bonchev–Trinajstić information content (AvgIpc) is 2.48. The van der Waals surface area contributed by atoms with E-state index < -0.39 is 0 Å². The molecule has 2 atom stereocenters. The molecule has 0 aromatic carbocycles. The van der Waals surface area contributed by atoms with E-state index >= 15 is 0 Å². The highest BCUT2D eigenvalue weighted by molar-refractivity contribution is 5.00. The van der Waals surface area contributed by atoms with Crippen LogP contribution in [0, 0.1) is 17.8 Å². The van der Waals surface area contributed by atoms with Crippen LogP contribution in [0.5, 0.6) is 0 Å². The van der Waals surface area contributed by atoms with Gasteiger partial charge in [0.1, 0.15) is 0 Å². The highest BCUT2D eigenvalue weighted by atomic mass is 15.1. The SMILES string of the molecule is C/C=C(/CCC)N(CC(C)C)CC(CC)C(C)CCC=C(C)C. The van der Waals surface area contributed by atoms with E-state index in [1.165, 1.54) is 50.8 Å². The highest BCUT2D eigenvalue weighted by Gasteiger charge is 2.20. The Balaban J connectivity index is 4.86. The van der Waals surface area contributed by atoms with Gasteiger partial charge in [-0.05, 0) is 57.8 Å². The first-order chi connectivity index (χ1) is 10.8. The molecule has 1 nitrogen and oxygen atoms in total. The third kappa shape index (κ3) is 9.89. The molecule has 23 heavy (non-hydrogen) atoms. The second-order valence-corrected chi connectivity index (χ2v) is 7.83. The first kappa shape index (κ1) is 22.3. The van der Waals surface area contributed by atoms with Crippen molar-refractivity contribution >= 4 is 0 Å². The summed E-state index contributed by atoms with van der Waals surface area (Å²) < 4.78 is 0. The van der Waals surface area contributed by atoms with Crippen LogP contribution in [0.3, 0.4) is 0 Å². The Morgan fingerprint density at radius 2 is 1.70 bits per heavy atom. The van der Waals surface area contributed by atoms with Crippen molar-refractivity contribution in [2.45, 2.75) is 87.5 Å². The molecule has 0 aromatic heterocycles. The summed E-state index contributed by atoms with van der Waals surface area (Å²) in [6.45, 7) is 20.8. The van der Waals surface area contributed by atoms with E-state index in [2.05, 4.69) is 72.4 Å². The molecule has 136 valence electrons. The van der Waals surface area contributed by atoms with Crippen molar-refractivity contribution in [3.05, 3.63) is 23.4 Å². The quantitative estimate of drug-likeness (QED) is 0.348. The van der Waals surface area contributed by atoms with Crippen molar-refractivity contribution in [3.63, 3.8) is 0 Å². The Hall–Kier alpha value is -0.720. The Labute approximate surface area is 147 Å². The number of hydrogen-bond acceptors (Lipinski definition) is 1. The third-order valence-corrected chi connectivity index (χ3v) is 4.79. The number of rotatable bonds is 12. The molecule has 0 bridgehead atoms. The topological polar surface area (TPSA) is 3.24 Å². The van der Waals surface area contributed by atoms with Gasteiger partial charge < -0.3 is 4.90 Å². The lowest BCUT2D eigenvalue weighted by atomic mass is 9.87. The van der Waals surface area contributed by atoms with Crippen molar-refractivity contribution in [2.24, 2.45) is 17.8 Å². The van der Waals surface area contributed by atoms with Crippen molar-refractivity contribution < 1.29 is 0 Å². The van der Waals surface area contributed by atoms with E-state index in [4.69, 9.17) is 0 Å². The van der Waals surface area contributed by atoms with Crippen LogP contribution in [0.4, 0.5) is 0 Å². The smallest absolute Gasteiger partial charge is 0.0205 e. The maximum absolute atomic E-state index is 2.68. The molecule has 0 fully saturated rings. The van der Waals surface area contributed by atoms with E-state index in [1.54, 1.807) is 5.70 Å². The van der Waals surface area contributed by atoms with Crippen molar-refractivity contribution in [3.8, 4) is 0 Å². The Morgan fingerprint density at radius 3 is 2.13 bits per heavy atom. The first-order valence-corrected chi connectivity index (χ1v) is 9.89. The summed E-state index contributed by atoms with van der Waals surface area (Å²) in [6.07, 6.45) is 11.0. The van der Waals surface area contributed by atoms with Gasteiger partial charge in [0.2, 0.25) is 0 Å². The lowest BCUT2D eigenvalue weighted by Crippen LogP contribution is -2.34. The minimum absolute atomic E-state index is 0.722. The fraction of sp³-hybridized carbons (Fsp3) is 0.818. The molecule has 0 heterocycles. The van der Waals surface area contributed by atoms with Crippen LogP contribution in [0.25, 0.3) is 0 Å². The summed E-state index contributed by atoms with van der Waals surface area (Å²) in [5.41, 5.74) is 3.00. The van der Waals surface area contributed by atoms with Gasteiger partial charge in [-0.15, -0.1) is 0 Å². The molecule has 0 aliphatic heterocycles. The van der Waals surface area contributed by atoms with E-state index in [0.717, 1.165) is 17.8 Å². The van der Waals surface area contributed by atoms with E-state index in [0.29, 0.717) is 0 Å². The van der Waals surface area contributed by atoms with Gasteiger partial charge in [0, 0.05) is 18.8 Å². The second kappa shape index (κ2) is 12.7. The van der Waals surface area contributed by atoms with Crippen LogP contribution >= 0.6 is 0 Å². The molecule has 0 amide bonds. The van der Waals surface area contributed by atoms with Crippen LogP contribution in [0.15, 0.2) is 23.4 Å². The van der Waals surface area contributed by atoms with Gasteiger partial charge >= 0.3 is 0 Å². The predicted molar refractivity (Wildman–Crippen MR) is 107 cm³/mol. The fourth-order valence-corrected chi connectivity index (χ4v) is 3.36. The molecule has 0 aliphatic rings. The molecule has 0 spiro atoms.